The summed E-state index contributed by atoms with van der Waals surface area (Å²) in [5.41, 5.74) is 1.75. The molecule has 3 heterocycles. The van der Waals surface area contributed by atoms with Gasteiger partial charge in [0.15, 0.2) is 11.7 Å². The fourth-order valence-electron chi connectivity index (χ4n) is 2.18. The summed E-state index contributed by atoms with van der Waals surface area (Å²) in [6.07, 6.45) is 1.72. The molecule has 4 nitrogen and oxygen atoms in total. The standard InChI is InChI=1S/C18H15N3OS2/c1-11(2)14-10-23-18(21-14)12(9-19)17(22)16-7-6-15(24-16)13-5-3-4-8-20-13/h3-8,10-12H,1-2H3. The number of rotatable bonds is 5. The molecule has 0 saturated heterocycles. The Kier molecular flexibility index (Phi) is 4.84. The topological polar surface area (TPSA) is 66.6 Å². The van der Waals surface area contributed by atoms with Crippen molar-refractivity contribution < 1.29 is 4.79 Å². The van der Waals surface area contributed by atoms with Gasteiger partial charge in [-0.3, -0.25) is 9.78 Å². The van der Waals surface area contributed by atoms with Gasteiger partial charge in [0.1, 0.15) is 5.01 Å². The normalized spacial score (nSPS) is 12.1. The average Bonchev–Trinajstić information content (AvgIpc) is 3.26. The molecule has 0 saturated carbocycles. The van der Waals surface area contributed by atoms with Gasteiger partial charge in [0.25, 0.3) is 0 Å². The smallest absolute Gasteiger partial charge is 0.196 e. The van der Waals surface area contributed by atoms with Crippen molar-refractivity contribution in [2.75, 3.05) is 0 Å². The summed E-state index contributed by atoms with van der Waals surface area (Å²) in [5.74, 6) is -0.769. The highest BCUT2D eigenvalue weighted by atomic mass is 32.1. The van der Waals surface area contributed by atoms with E-state index >= 15 is 0 Å². The van der Waals surface area contributed by atoms with Crippen molar-refractivity contribution >= 4 is 28.5 Å². The van der Waals surface area contributed by atoms with E-state index in [2.05, 4.69) is 16.0 Å². The Balaban J connectivity index is 1.87. The summed E-state index contributed by atoms with van der Waals surface area (Å²) < 4.78 is 0. The molecule has 0 aliphatic heterocycles. The summed E-state index contributed by atoms with van der Waals surface area (Å²) in [6.45, 7) is 4.08. The van der Waals surface area contributed by atoms with Crippen LogP contribution in [0.25, 0.3) is 10.6 Å². The predicted octanol–water partition coefficient (Wildman–Crippen LogP) is 4.88. The number of Topliss-reactive ketones (excluding diaryl/α,β-unsaturated/α-hetero) is 1. The maximum atomic E-state index is 12.7. The summed E-state index contributed by atoms with van der Waals surface area (Å²) in [6, 6.07) is 11.4. The molecular formula is C18H15N3OS2. The van der Waals surface area contributed by atoms with E-state index in [-0.39, 0.29) is 11.7 Å². The van der Waals surface area contributed by atoms with Crippen molar-refractivity contribution in [1.82, 2.24) is 9.97 Å². The minimum absolute atomic E-state index is 0.200. The number of thiophene rings is 1. The first kappa shape index (κ1) is 16.5. The van der Waals surface area contributed by atoms with Crippen LogP contribution in [-0.4, -0.2) is 15.8 Å². The van der Waals surface area contributed by atoms with Crippen LogP contribution in [0.3, 0.4) is 0 Å². The Hall–Kier alpha value is -2.36. The zero-order chi connectivity index (χ0) is 17.1. The molecule has 1 unspecified atom stereocenters. The molecule has 0 spiro atoms. The minimum atomic E-state index is -0.849. The Morgan fingerprint density at radius 3 is 2.71 bits per heavy atom. The molecule has 0 aromatic carbocycles. The van der Waals surface area contributed by atoms with Crippen LogP contribution in [0.15, 0.2) is 41.9 Å². The van der Waals surface area contributed by atoms with Crippen LogP contribution in [0, 0.1) is 11.3 Å². The van der Waals surface area contributed by atoms with E-state index in [0.717, 1.165) is 16.3 Å². The predicted molar refractivity (Wildman–Crippen MR) is 96.4 cm³/mol. The van der Waals surface area contributed by atoms with Gasteiger partial charge in [-0.1, -0.05) is 19.9 Å². The number of ketones is 1. The zero-order valence-electron chi connectivity index (χ0n) is 13.3. The lowest BCUT2D eigenvalue weighted by Gasteiger charge is -2.03. The molecule has 6 heteroatoms. The third kappa shape index (κ3) is 3.28. The second kappa shape index (κ2) is 7.04. The summed E-state index contributed by atoms with van der Waals surface area (Å²) in [4.78, 5) is 23.0. The number of carbonyl (C=O) groups excluding carboxylic acids is 1. The summed E-state index contributed by atoms with van der Waals surface area (Å²) in [7, 11) is 0. The average molecular weight is 353 g/mol. The molecule has 0 N–H and O–H groups in total. The number of thiazole rings is 1. The van der Waals surface area contributed by atoms with Crippen LogP contribution < -0.4 is 0 Å². The molecule has 0 bridgehead atoms. The van der Waals surface area contributed by atoms with Gasteiger partial charge in [-0.15, -0.1) is 22.7 Å². The molecule has 3 aromatic heterocycles. The van der Waals surface area contributed by atoms with Gasteiger partial charge in [0, 0.05) is 11.6 Å². The Bertz CT molecular complexity index is 890. The molecule has 120 valence electrons. The van der Waals surface area contributed by atoms with Crippen LogP contribution in [0.5, 0.6) is 0 Å². The number of nitrogens with zero attached hydrogens (tertiary/aromatic N) is 3. The van der Waals surface area contributed by atoms with E-state index < -0.39 is 5.92 Å². The fraction of sp³-hybridized carbons (Fsp3) is 0.222. The molecule has 3 rings (SSSR count). The van der Waals surface area contributed by atoms with E-state index in [4.69, 9.17) is 0 Å². The lowest BCUT2D eigenvalue weighted by Crippen LogP contribution is -2.09. The highest BCUT2D eigenvalue weighted by Crippen LogP contribution is 2.32. The summed E-state index contributed by atoms with van der Waals surface area (Å²) >= 11 is 2.73. The van der Waals surface area contributed by atoms with Crippen molar-refractivity contribution in [1.29, 1.82) is 5.26 Å². The van der Waals surface area contributed by atoms with Crippen LogP contribution in [0.4, 0.5) is 0 Å². The number of carbonyl (C=O) groups is 1. The van der Waals surface area contributed by atoms with Crippen molar-refractivity contribution in [2.24, 2.45) is 0 Å². The van der Waals surface area contributed by atoms with Crippen molar-refractivity contribution in [3.8, 4) is 16.6 Å². The molecule has 0 fully saturated rings. The molecule has 0 aliphatic rings. The number of aromatic nitrogens is 2. The van der Waals surface area contributed by atoms with E-state index in [0.29, 0.717) is 9.88 Å². The number of pyridine rings is 1. The second-order valence-electron chi connectivity index (χ2n) is 5.57. The van der Waals surface area contributed by atoms with Gasteiger partial charge < -0.3 is 0 Å². The summed E-state index contributed by atoms with van der Waals surface area (Å²) in [5, 5.41) is 12.0. The van der Waals surface area contributed by atoms with Gasteiger partial charge in [-0.2, -0.15) is 5.26 Å². The third-order valence-electron chi connectivity index (χ3n) is 3.54. The molecular weight excluding hydrogens is 338 g/mol. The van der Waals surface area contributed by atoms with Crippen LogP contribution >= 0.6 is 22.7 Å². The van der Waals surface area contributed by atoms with E-state index in [9.17, 15) is 10.1 Å². The second-order valence-corrected chi connectivity index (χ2v) is 7.54. The maximum Gasteiger partial charge on any atom is 0.196 e. The number of hydrogen-bond donors (Lipinski definition) is 0. The maximum absolute atomic E-state index is 12.7. The molecule has 0 radical (unpaired) electrons. The Morgan fingerprint density at radius 1 is 1.25 bits per heavy atom. The van der Waals surface area contributed by atoms with Crippen LogP contribution in [0.2, 0.25) is 0 Å². The third-order valence-corrected chi connectivity index (χ3v) is 5.59. The number of hydrogen-bond acceptors (Lipinski definition) is 6. The van der Waals surface area contributed by atoms with Crippen molar-refractivity contribution in [3.63, 3.8) is 0 Å². The lowest BCUT2D eigenvalue weighted by molar-refractivity contribution is 0.0982. The molecule has 3 aromatic rings. The van der Waals surface area contributed by atoms with E-state index in [1.165, 1.54) is 22.7 Å². The fourth-order valence-corrected chi connectivity index (χ4v) is 4.16. The first-order valence-electron chi connectivity index (χ1n) is 7.50. The number of nitriles is 1. The minimum Gasteiger partial charge on any atom is -0.291 e. The van der Waals surface area contributed by atoms with Gasteiger partial charge in [0.2, 0.25) is 0 Å². The van der Waals surface area contributed by atoms with Gasteiger partial charge in [-0.25, -0.2) is 4.98 Å². The molecule has 1 atom stereocenters. The quantitative estimate of drug-likeness (QED) is 0.613. The SMILES string of the molecule is CC(C)c1csc(C(C#N)C(=O)c2ccc(-c3ccccn3)s2)n1. The highest BCUT2D eigenvalue weighted by Gasteiger charge is 2.26. The lowest BCUT2D eigenvalue weighted by atomic mass is 10.1. The highest BCUT2D eigenvalue weighted by molar-refractivity contribution is 7.17. The first-order chi connectivity index (χ1) is 11.6. The van der Waals surface area contributed by atoms with E-state index in [1.54, 1.807) is 12.3 Å². The van der Waals surface area contributed by atoms with Crippen molar-refractivity contribution in [3.05, 3.63) is 57.5 Å². The van der Waals surface area contributed by atoms with Gasteiger partial charge >= 0.3 is 0 Å². The molecule has 0 amide bonds. The Labute approximate surface area is 148 Å². The van der Waals surface area contributed by atoms with E-state index in [1.807, 2.05) is 43.5 Å². The van der Waals surface area contributed by atoms with Gasteiger partial charge in [0.05, 0.1) is 27.2 Å². The molecule has 0 aliphatic carbocycles. The van der Waals surface area contributed by atoms with Gasteiger partial charge in [-0.05, 0) is 30.2 Å². The van der Waals surface area contributed by atoms with Crippen LogP contribution in [0.1, 0.15) is 46.1 Å². The Morgan fingerprint density at radius 2 is 2.08 bits per heavy atom. The van der Waals surface area contributed by atoms with Crippen LogP contribution in [-0.2, 0) is 0 Å². The zero-order valence-corrected chi connectivity index (χ0v) is 14.9. The molecule has 24 heavy (non-hydrogen) atoms. The largest absolute Gasteiger partial charge is 0.291 e. The monoisotopic (exact) mass is 353 g/mol. The first-order valence-corrected chi connectivity index (χ1v) is 9.20. The van der Waals surface area contributed by atoms with Crippen molar-refractivity contribution in [2.45, 2.75) is 25.7 Å².